The number of rotatable bonds is 2. The summed E-state index contributed by atoms with van der Waals surface area (Å²) in [6.45, 7) is 0.917. The number of hydrogen-bond donors (Lipinski definition) is 1. The fourth-order valence-corrected chi connectivity index (χ4v) is 5.44. The third-order valence-electron chi connectivity index (χ3n) is 5.73. The minimum atomic E-state index is 0.105. The molecule has 1 amide bonds. The van der Waals surface area contributed by atoms with Crippen molar-refractivity contribution in [3.05, 3.63) is 22.4 Å². The predicted octanol–water partition coefficient (Wildman–Crippen LogP) is 2.79. The van der Waals surface area contributed by atoms with Crippen LogP contribution in [-0.4, -0.2) is 23.4 Å². The average molecular weight is 290 g/mol. The maximum atomic E-state index is 13.0. The van der Waals surface area contributed by atoms with Gasteiger partial charge in [0.1, 0.15) is 0 Å². The van der Waals surface area contributed by atoms with Crippen molar-refractivity contribution in [1.82, 2.24) is 4.90 Å². The van der Waals surface area contributed by atoms with E-state index in [1.807, 2.05) is 0 Å². The number of fused-ring (bicyclic) bond motifs is 2. The molecular formula is C16H22N2OS. The molecule has 2 aliphatic carbocycles. The van der Waals surface area contributed by atoms with Gasteiger partial charge in [-0.15, -0.1) is 0 Å². The van der Waals surface area contributed by atoms with E-state index in [9.17, 15) is 4.79 Å². The van der Waals surface area contributed by atoms with Crippen molar-refractivity contribution in [3.8, 4) is 0 Å². The van der Waals surface area contributed by atoms with E-state index in [1.165, 1.54) is 24.8 Å². The highest BCUT2D eigenvalue weighted by Gasteiger charge is 2.51. The van der Waals surface area contributed by atoms with E-state index < -0.39 is 0 Å². The molecule has 5 unspecified atom stereocenters. The summed E-state index contributed by atoms with van der Waals surface area (Å²) < 4.78 is 0. The van der Waals surface area contributed by atoms with Crippen LogP contribution >= 0.6 is 11.3 Å². The van der Waals surface area contributed by atoms with Gasteiger partial charge in [-0.05, 0) is 66.3 Å². The van der Waals surface area contributed by atoms with Gasteiger partial charge in [-0.3, -0.25) is 4.79 Å². The molecule has 2 bridgehead atoms. The van der Waals surface area contributed by atoms with Crippen LogP contribution in [0.15, 0.2) is 16.8 Å². The summed E-state index contributed by atoms with van der Waals surface area (Å²) in [5.74, 6) is 1.62. The second-order valence-corrected chi connectivity index (χ2v) is 7.46. The number of likely N-dealkylation sites (tertiary alicyclic amines) is 1. The van der Waals surface area contributed by atoms with Crippen molar-refractivity contribution in [3.63, 3.8) is 0 Å². The molecule has 108 valence electrons. The minimum absolute atomic E-state index is 0.105. The molecule has 1 aromatic rings. The zero-order valence-electron chi connectivity index (χ0n) is 11.7. The van der Waals surface area contributed by atoms with Crippen LogP contribution in [0.3, 0.4) is 0 Å². The lowest BCUT2D eigenvalue weighted by Crippen LogP contribution is -2.46. The average Bonchev–Trinajstić information content (AvgIpc) is 3.20. The van der Waals surface area contributed by atoms with Crippen LogP contribution in [0.2, 0.25) is 0 Å². The summed E-state index contributed by atoms with van der Waals surface area (Å²) in [6.07, 6.45) is 5.88. The van der Waals surface area contributed by atoms with Gasteiger partial charge in [-0.1, -0.05) is 0 Å². The van der Waals surface area contributed by atoms with Crippen LogP contribution in [0.5, 0.6) is 0 Å². The summed E-state index contributed by atoms with van der Waals surface area (Å²) in [5, 5.41) is 4.30. The Morgan fingerprint density at radius 3 is 2.85 bits per heavy atom. The molecule has 0 aromatic carbocycles. The molecule has 0 spiro atoms. The Bertz CT molecular complexity index is 499. The number of nitrogens with zero attached hydrogens (tertiary/aromatic N) is 1. The number of carbonyl (C=O) groups excluding carboxylic acids is 1. The molecule has 4 heteroatoms. The van der Waals surface area contributed by atoms with E-state index in [-0.39, 0.29) is 12.0 Å². The van der Waals surface area contributed by atoms with Gasteiger partial charge in [0.2, 0.25) is 5.91 Å². The molecule has 2 heterocycles. The maximum Gasteiger partial charge on any atom is 0.228 e. The zero-order chi connectivity index (χ0) is 13.7. The van der Waals surface area contributed by atoms with Gasteiger partial charge < -0.3 is 10.6 Å². The molecule has 1 saturated heterocycles. The Balaban J connectivity index is 1.56. The largest absolute Gasteiger partial charge is 0.335 e. The fourth-order valence-electron chi connectivity index (χ4n) is 4.74. The molecule has 3 fully saturated rings. The summed E-state index contributed by atoms with van der Waals surface area (Å²) in [7, 11) is 0. The van der Waals surface area contributed by atoms with Crippen molar-refractivity contribution in [1.29, 1.82) is 0 Å². The van der Waals surface area contributed by atoms with Gasteiger partial charge in [0, 0.05) is 12.6 Å². The van der Waals surface area contributed by atoms with Crippen molar-refractivity contribution in [2.24, 2.45) is 23.5 Å². The van der Waals surface area contributed by atoms with E-state index in [1.54, 1.807) is 11.3 Å². The Hall–Kier alpha value is -0.870. The molecule has 20 heavy (non-hydrogen) atoms. The number of thiophene rings is 1. The van der Waals surface area contributed by atoms with Crippen LogP contribution in [0, 0.1) is 17.8 Å². The third-order valence-corrected chi connectivity index (χ3v) is 6.43. The Labute approximate surface area is 124 Å². The summed E-state index contributed by atoms with van der Waals surface area (Å²) in [4.78, 5) is 15.1. The first-order valence-electron chi connectivity index (χ1n) is 7.84. The van der Waals surface area contributed by atoms with E-state index in [4.69, 9.17) is 5.73 Å². The molecule has 1 aliphatic heterocycles. The van der Waals surface area contributed by atoms with E-state index in [0.717, 1.165) is 19.4 Å². The summed E-state index contributed by atoms with van der Waals surface area (Å²) >= 11 is 1.72. The Kier molecular flexibility index (Phi) is 3.11. The Morgan fingerprint density at radius 1 is 1.30 bits per heavy atom. The molecule has 5 atom stereocenters. The Morgan fingerprint density at radius 2 is 2.15 bits per heavy atom. The second-order valence-electron chi connectivity index (χ2n) is 6.68. The van der Waals surface area contributed by atoms with Gasteiger partial charge in [-0.2, -0.15) is 11.3 Å². The smallest absolute Gasteiger partial charge is 0.228 e. The van der Waals surface area contributed by atoms with Crippen molar-refractivity contribution < 1.29 is 4.79 Å². The van der Waals surface area contributed by atoms with Crippen LogP contribution in [0.1, 0.15) is 43.7 Å². The second kappa shape index (κ2) is 4.85. The number of carbonyl (C=O) groups is 1. The summed E-state index contributed by atoms with van der Waals surface area (Å²) in [5.41, 5.74) is 7.67. The highest BCUT2D eigenvalue weighted by molar-refractivity contribution is 7.07. The highest BCUT2D eigenvalue weighted by Crippen LogP contribution is 2.49. The lowest BCUT2D eigenvalue weighted by molar-refractivity contribution is -0.138. The van der Waals surface area contributed by atoms with E-state index >= 15 is 0 Å². The first-order chi connectivity index (χ1) is 9.75. The third kappa shape index (κ3) is 1.85. The SMILES string of the molecule is NC1C2CCC(C2)C1C(=O)N1CCCC1c1ccsc1. The van der Waals surface area contributed by atoms with Crippen LogP contribution < -0.4 is 5.73 Å². The zero-order valence-corrected chi connectivity index (χ0v) is 12.5. The number of nitrogens with two attached hydrogens (primary N) is 1. The van der Waals surface area contributed by atoms with Gasteiger partial charge in [0.05, 0.1) is 12.0 Å². The van der Waals surface area contributed by atoms with Gasteiger partial charge in [0.15, 0.2) is 0 Å². The summed E-state index contributed by atoms with van der Waals surface area (Å²) in [6, 6.07) is 2.59. The quantitative estimate of drug-likeness (QED) is 0.910. The van der Waals surface area contributed by atoms with Gasteiger partial charge >= 0.3 is 0 Å². The molecule has 2 N–H and O–H groups in total. The standard InChI is InChI=1S/C16H22N2OS/c17-15-11-4-3-10(8-11)14(15)16(19)18-6-1-2-13(18)12-5-7-20-9-12/h5,7,9-11,13-15H,1-4,6,8,17H2. The van der Waals surface area contributed by atoms with Crippen LogP contribution in [0.4, 0.5) is 0 Å². The first kappa shape index (κ1) is 12.8. The van der Waals surface area contributed by atoms with Crippen molar-refractivity contribution in [2.45, 2.75) is 44.2 Å². The van der Waals surface area contributed by atoms with Gasteiger partial charge in [-0.25, -0.2) is 0 Å². The molecular weight excluding hydrogens is 268 g/mol. The fraction of sp³-hybridized carbons (Fsp3) is 0.688. The molecule has 4 rings (SSSR count). The number of hydrogen-bond acceptors (Lipinski definition) is 3. The molecule has 1 aromatic heterocycles. The topological polar surface area (TPSA) is 46.3 Å². The molecule has 3 nitrogen and oxygen atoms in total. The molecule has 3 aliphatic rings. The predicted molar refractivity (Wildman–Crippen MR) is 80.3 cm³/mol. The lowest BCUT2D eigenvalue weighted by Gasteiger charge is -2.33. The van der Waals surface area contributed by atoms with Crippen LogP contribution in [0.25, 0.3) is 0 Å². The highest BCUT2D eigenvalue weighted by atomic mass is 32.1. The van der Waals surface area contributed by atoms with Crippen molar-refractivity contribution in [2.75, 3.05) is 6.54 Å². The number of amides is 1. The lowest BCUT2D eigenvalue weighted by atomic mass is 9.83. The van der Waals surface area contributed by atoms with Crippen LogP contribution in [-0.2, 0) is 4.79 Å². The van der Waals surface area contributed by atoms with E-state index in [0.29, 0.717) is 23.8 Å². The monoisotopic (exact) mass is 290 g/mol. The maximum absolute atomic E-state index is 13.0. The van der Waals surface area contributed by atoms with Crippen molar-refractivity contribution >= 4 is 17.2 Å². The first-order valence-corrected chi connectivity index (χ1v) is 8.78. The molecule has 2 saturated carbocycles. The normalized spacial score (nSPS) is 39.6. The van der Waals surface area contributed by atoms with Gasteiger partial charge in [0.25, 0.3) is 0 Å². The minimum Gasteiger partial charge on any atom is -0.335 e. The van der Waals surface area contributed by atoms with E-state index in [2.05, 4.69) is 21.7 Å². The molecule has 0 radical (unpaired) electrons.